The summed E-state index contributed by atoms with van der Waals surface area (Å²) in [4.78, 5) is 31.8. The Kier molecular flexibility index (Phi) is 6.35. The lowest BCUT2D eigenvalue weighted by atomic mass is 9.95. The third-order valence-corrected chi connectivity index (χ3v) is 6.77. The maximum atomic E-state index is 12.9. The molecule has 0 bridgehead atoms. The number of ether oxygens (including phenoxy) is 3. The van der Waals surface area contributed by atoms with Gasteiger partial charge in [0.2, 0.25) is 12.7 Å². The number of fused-ring (bicyclic) bond motifs is 1. The molecule has 0 radical (unpaired) electrons. The predicted octanol–water partition coefficient (Wildman–Crippen LogP) is 4.25. The fourth-order valence-electron chi connectivity index (χ4n) is 3.98. The molecule has 8 nitrogen and oxygen atoms in total. The lowest BCUT2D eigenvalue weighted by Crippen LogP contribution is -2.41. The first-order chi connectivity index (χ1) is 16.5. The number of aryl methyl sites for hydroxylation is 1. The number of piperidine rings is 1. The van der Waals surface area contributed by atoms with Crippen molar-refractivity contribution in [1.82, 2.24) is 9.88 Å². The van der Waals surface area contributed by atoms with Gasteiger partial charge >= 0.3 is 0 Å². The molecule has 2 amide bonds. The van der Waals surface area contributed by atoms with Crippen molar-refractivity contribution < 1.29 is 23.8 Å². The molecule has 0 spiro atoms. The Morgan fingerprint density at radius 2 is 1.88 bits per heavy atom. The van der Waals surface area contributed by atoms with Crippen LogP contribution in [0.25, 0.3) is 0 Å². The molecule has 1 aromatic heterocycles. The van der Waals surface area contributed by atoms with E-state index in [-0.39, 0.29) is 24.5 Å². The molecule has 1 fully saturated rings. The van der Waals surface area contributed by atoms with Gasteiger partial charge in [-0.15, -0.1) is 11.3 Å². The van der Waals surface area contributed by atoms with Crippen LogP contribution in [0.4, 0.5) is 5.69 Å². The van der Waals surface area contributed by atoms with Gasteiger partial charge in [-0.3, -0.25) is 9.59 Å². The zero-order valence-corrected chi connectivity index (χ0v) is 19.6. The van der Waals surface area contributed by atoms with E-state index in [2.05, 4.69) is 10.3 Å². The van der Waals surface area contributed by atoms with E-state index >= 15 is 0 Å². The van der Waals surface area contributed by atoms with Crippen LogP contribution in [0.1, 0.15) is 33.9 Å². The van der Waals surface area contributed by atoms with E-state index in [9.17, 15) is 9.59 Å². The Bertz CT molecular complexity index is 1190. The minimum Gasteiger partial charge on any atom is -0.486 e. The van der Waals surface area contributed by atoms with Gasteiger partial charge in [-0.1, -0.05) is 17.7 Å². The van der Waals surface area contributed by atoms with Crippen LogP contribution >= 0.6 is 11.3 Å². The molecule has 2 aromatic carbocycles. The minimum absolute atomic E-state index is 0.0461. The average Bonchev–Trinajstić information content (AvgIpc) is 3.53. The number of benzene rings is 2. The molecule has 1 N–H and O–H groups in total. The summed E-state index contributed by atoms with van der Waals surface area (Å²) >= 11 is 1.41. The molecule has 34 heavy (non-hydrogen) atoms. The zero-order valence-electron chi connectivity index (χ0n) is 18.8. The van der Waals surface area contributed by atoms with Crippen LogP contribution in [0.2, 0.25) is 0 Å². The first-order valence-electron chi connectivity index (χ1n) is 11.2. The highest BCUT2D eigenvalue weighted by atomic mass is 32.1. The lowest BCUT2D eigenvalue weighted by molar-refractivity contribution is -0.121. The Morgan fingerprint density at radius 1 is 1.12 bits per heavy atom. The van der Waals surface area contributed by atoms with Gasteiger partial charge in [-0.25, -0.2) is 4.98 Å². The molecular formula is C25H25N3O5S. The van der Waals surface area contributed by atoms with E-state index in [0.717, 1.165) is 10.8 Å². The van der Waals surface area contributed by atoms with Gasteiger partial charge in [-0.2, -0.15) is 0 Å². The first kappa shape index (κ1) is 22.2. The van der Waals surface area contributed by atoms with Gasteiger partial charge in [0.1, 0.15) is 23.1 Å². The zero-order chi connectivity index (χ0) is 23.5. The predicted molar refractivity (Wildman–Crippen MR) is 127 cm³/mol. The fourth-order valence-corrected chi connectivity index (χ4v) is 4.66. The lowest BCUT2D eigenvalue weighted by Gasteiger charge is -2.30. The Hall–Kier alpha value is -3.59. The van der Waals surface area contributed by atoms with Crippen molar-refractivity contribution in [3.05, 3.63) is 64.1 Å². The van der Waals surface area contributed by atoms with Gasteiger partial charge in [0.25, 0.3) is 5.91 Å². The van der Waals surface area contributed by atoms with Crippen molar-refractivity contribution in [2.24, 2.45) is 5.92 Å². The highest BCUT2D eigenvalue weighted by Crippen LogP contribution is 2.34. The van der Waals surface area contributed by atoms with Crippen molar-refractivity contribution in [2.75, 3.05) is 25.2 Å². The Labute approximate surface area is 201 Å². The molecular weight excluding hydrogens is 454 g/mol. The number of nitrogens with one attached hydrogen (secondary N) is 1. The number of amides is 2. The van der Waals surface area contributed by atoms with Gasteiger partial charge in [0, 0.05) is 36.1 Å². The van der Waals surface area contributed by atoms with Crippen molar-refractivity contribution >= 4 is 28.8 Å². The van der Waals surface area contributed by atoms with E-state index < -0.39 is 0 Å². The third kappa shape index (κ3) is 4.99. The van der Waals surface area contributed by atoms with Crippen LogP contribution in [-0.2, 0) is 11.4 Å². The van der Waals surface area contributed by atoms with E-state index in [1.165, 1.54) is 16.9 Å². The Morgan fingerprint density at radius 3 is 2.68 bits per heavy atom. The second kappa shape index (κ2) is 9.72. The SMILES string of the molecule is Cc1ccc(OCc2nc(C(=O)N3CCC(C(=O)Nc4ccc5c(c4)OCO5)CC3)cs2)cc1. The molecule has 5 rings (SSSR count). The summed E-state index contributed by atoms with van der Waals surface area (Å²) in [5.41, 5.74) is 2.27. The number of anilines is 1. The summed E-state index contributed by atoms with van der Waals surface area (Å²) in [7, 11) is 0. The number of likely N-dealkylation sites (tertiary alicyclic amines) is 1. The highest BCUT2D eigenvalue weighted by molar-refractivity contribution is 7.09. The number of carbonyl (C=O) groups excluding carboxylic acids is 2. The van der Waals surface area contributed by atoms with E-state index in [1.54, 1.807) is 28.5 Å². The summed E-state index contributed by atoms with van der Waals surface area (Å²) in [6.07, 6.45) is 1.21. The number of carbonyl (C=O) groups is 2. The summed E-state index contributed by atoms with van der Waals surface area (Å²) in [5.74, 6) is 1.78. The maximum Gasteiger partial charge on any atom is 0.273 e. The molecule has 0 aliphatic carbocycles. The summed E-state index contributed by atoms with van der Waals surface area (Å²) < 4.78 is 16.4. The third-order valence-electron chi connectivity index (χ3n) is 5.95. The largest absolute Gasteiger partial charge is 0.486 e. The quantitative estimate of drug-likeness (QED) is 0.569. The molecule has 1 saturated heterocycles. The van der Waals surface area contributed by atoms with Gasteiger partial charge in [0.05, 0.1) is 0 Å². The second-order valence-corrected chi connectivity index (χ2v) is 9.29. The molecule has 0 saturated carbocycles. The van der Waals surface area contributed by atoms with Crippen LogP contribution in [-0.4, -0.2) is 41.6 Å². The number of rotatable bonds is 6. The molecule has 3 heterocycles. The van der Waals surface area contributed by atoms with Crippen LogP contribution in [0, 0.1) is 12.8 Å². The summed E-state index contributed by atoms with van der Waals surface area (Å²) in [5, 5.41) is 5.47. The van der Waals surface area contributed by atoms with E-state index in [1.807, 2.05) is 31.2 Å². The van der Waals surface area contributed by atoms with Gasteiger partial charge in [0.15, 0.2) is 11.5 Å². The van der Waals surface area contributed by atoms with Crippen LogP contribution in [0.15, 0.2) is 47.8 Å². The van der Waals surface area contributed by atoms with Gasteiger partial charge in [-0.05, 0) is 44.0 Å². The maximum absolute atomic E-state index is 12.9. The van der Waals surface area contributed by atoms with E-state index in [0.29, 0.717) is 55.4 Å². The Balaban J connectivity index is 1.11. The van der Waals surface area contributed by atoms with Crippen LogP contribution in [0.5, 0.6) is 17.2 Å². The van der Waals surface area contributed by atoms with Crippen molar-refractivity contribution in [1.29, 1.82) is 0 Å². The number of nitrogens with zero attached hydrogens (tertiary/aromatic N) is 2. The summed E-state index contributed by atoms with van der Waals surface area (Å²) in [6, 6.07) is 13.2. The smallest absolute Gasteiger partial charge is 0.273 e. The number of hydrogen-bond acceptors (Lipinski definition) is 7. The molecule has 0 atom stereocenters. The number of aromatic nitrogens is 1. The topological polar surface area (TPSA) is 90.0 Å². The van der Waals surface area contributed by atoms with Crippen molar-refractivity contribution in [3.63, 3.8) is 0 Å². The van der Waals surface area contributed by atoms with Crippen molar-refractivity contribution in [3.8, 4) is 17.2 Å². The fraction of sp³-hybridized carbons (Fsp3) is 0.320. The summed E-state index contributed by atoms with van der Waals surface area (Å²) in [6.45, 7) is 3.58. The molecule has 0 unspecified atom stereocenters. The number of hydrogen-bond donors (Lipinski definition) is 1. The van der Waals surface area contributed by atoms with Gasteiger partial charge < -0.3 is 24.4 Å². The average molecular weight is 480 g/mol. The van der Waals surface area contributed by atoms with Crippen LogP contribution < -0.4 is 19.5 Å². The molecule has 176 valence electrons. The monoisotopic (exact) mass is 479 g/mol. The molecule has 2 aliphatic rings. The van der Waals surface area contributed by atoms with Crippen molar-refractivity contribution in [2.45, 2.75) is 26.4 Å². The normalized spacial score (nSPS) is 15.3. The second-order valence-electron chi connectivity index (χ2n) is 8.35. The standard InChI is InChI=1S/C25H25N3O5S/c1-16-2-5-19(6-3-16)31-13-23-27-20(14-34-23)25(30)28-10-8-17(9-11-28)24(29)26-18-4-7-21-22(12-18)33-15-32-21/h2-7,12,14,17H,8-11,13,15H2,1H3,(H,26,29). The highest BCUT2D eigenvalue weighted by Gasteiger charge is 2.29. The molecule has 2 aliphatic heterocycles. The van der Waals surface area contributed by atoms with Crippen LogP contribution in [0.3, 0.4) is 0 Å². The first-order valence-corrected chi connectivity index (χ1v) is 12.1. The van der Waals surface area contributed by atoms with E-state index in [4.69, 9.17) is 14.2 Å². The molecule has 9 heteroatoms. The molecule has 3 aromatic rings. The minimum atomic E-state index is -0.150. The number of thiazole rings is 1.